The summed E-state index contributed by atoms with van der Waals surface area (Å²) in [4.78, 5) is 21.5. The minimum Gasteiger partial charge on any atom is -0.364 e. The highest BCUT2D eigenvalue weighted by atomic mass is 19.4. The third-order valence-corrected chi connectivity index (χ3v) is 7.57. The first-order valence-corrected chi connectivity index (χ1v) is 13.2. The van der Waals surface area contributed by atoms with Crippen LogP contribution >= 0.6 is 0 Å². The zero-order valence-electron chi connectivity index (χ0n) is 23.3. The number of carbonyl (C=O) groups is 1. The van der Waals surface area contributed by atoms with Crippen LogP contribution in [0.25, 0.3) is 23.0 Å². The van der Waals surface area contributed by atoms with E-state index in [0.29, 0.717) is 36.5 Å². The van der Waals surface area contributed by atoms with Crippen LogP contribution in [0.4, 0.5) is 13.2 Å². The Morgan fingerprint density at radius 3 is 2.41 bits per heavy atom. The van der Waals surface area contributed by atoms with Gasteiger partial charge >= 0.3 is 6.18 Å². The summed E-state index contributed by atoms with van der Waals surface area (Å²) in [6.45, 7) is 6.45. The van der Waals surface area contributed by atoms with Gasteiger partial charge in [0.1, 0.15) is 0 Å². The predicted molar refractivity (Wildman–Crippen MR) is 145 cm³/mol. The SMILES string of the molecule is COC(C)(c1ccc(-c2noc(-c3cc(C)n(Cc4cccc(C(=O)N5CCN(C)CC5)c4)n3)n2)cc1)C(F)(F)F. The molecule has 0 aliphatic carbocycles. The molecule has 5 rings (SSSR count). The molecule has 0 N–H and O–H groups in total. The largest absolute Gasteiger partial charge is 0.421 e. The van der Waals surface area contributed by atoms with Gasteiger partial charge in [-0.05, 0) is 50.2 Å². The number of halogens is 3. The zero-order chi connectivity index (χ0) is 29.4. The first-order chi connectivity index (χ1) is 19.5. The van der Waals surface area contributed by atoms with Gasteiger partial charge in [0.2, 0.25) is 5.82 Å². The maximum absolute atomic E-state index is 13.5. The fourth-order valence-corrected chi connectivity index (χ4v) is 4.72. The standard InChI is InChI=1S/C29H31F3N6O3/c1-19-16-24(26-33-25(35-41-26)21-8-10-23(11-9-21)28(2,40-4)29(30,31)32)34-38(19)18-20-6-5-7-22(17-20)27(39)37-14-12-36(3)13-15-37/h5-11,16-17H,12-15,18H2,1-4H3. The number of hydrogen-bond acceptors (Lipinski definition) is 7. The quantitative estimate of drug-likeness (QED) is 0.317. The molecule has 0 spiro atoms. The minimum absolute atomic E-state index is 0.0227. The number of hydrogen-bond donors (Lipinski definition) is 0. The average molecular weight is 569 g/mol. The molecule has 2 aromatic carbocycles. The van der Waals surface area contributed by atoms with E-state index < -0.39 is 11.8 Å². The fraction of sp³-hybridized carbons (Fsp3) is 0.379. The number of alkyl halides is 3. The molecule has 41 heavy (non-hydrogen) atoms. The summed E-state index contributed by atoms with van der Waals surface area (Å²) >= 11 is 0. The third-order valence-electron chi connectivity index (χ3n) is 7.57. The number of carbonyl (C=O) groups excluding carboxylic acids is 1. The van der Waals surface area contributed by atoms with Crippen LogP contribution in [0.1, 0.15) is 34.1 Å². The van der Waals surface area contributed by atoms with Gasteiger partial charge in [-0.2, -0.15) is 23.3 Å². The molecule has 0 saturated carbocycles. The lowest BCUT2D eigenvalue weighted by atomic mass is 9.94. The van der Waals surface area contributed by atoms with Crippen molar-refractivity contribution in [1.82, 2.24) is 29.7 Å². The van der Waals surface area contributed by atoms with Gasteiger partial charge < -0.3 is 19.1 Å². The van der Waals surface area contributed by atoms with Crippen molar-refractivity contribution in [2.45, 2.75) is 32.2 Å². The molecule has 4 aromatic rings. The summed E-state index contributed by atoms with van der Waals surface area (Å²) in [6.07, 6.45) is -4.58. The molecule has 12 heteroatoms. The van der Waals surface area contributed by atoms with E-state index in [1.165, 1.54) is 24.3 Å². The van der Waals surface area contributed by atoms with Crippen molar-refractivity contribution in [2.75, 3.05) is 40.3 Å². The van der Waals surface area contributed by atoms with Crippen molar-refractivity contribution < 1.29 is 27.2 Å². The van der Waals surface area contributed by atoms with E-state index in [0.717, 1.165) is 38.4 Å². The first-order valence-electron chi connectivity index (χ1n) is 13.2. The summed E-state index contributed by atoms with van der Waals surface area (Å²) in [7, 11) is 3.08. The molecule has 3 heterocycles. The van der Waals surface area contributed by atoms with Crippen LogP contribution in [0, 0.1) is 6.92 Å². The number of nitrogens with zero attached hydrogens (tertiary/aromatic N) is 6. The lowest BCUT2D eigenvalue weighted by Crippen LogP contribution is -2.47. The lowest BCUT2D eigenvalue weighted by molar-refractivity contribution is -0.269. The Kier molecular flexibility index (Phi) is 7.71. The molecule has 1 unspecified atom stereocenters. The van der Waals surface area contributed by atoms with Crippen LogP contribution in [0.2, 0.25) is 0 Å². The Balaban J connectivity index is 1.30. The minimum atomic E-state index is -4.58. The van der Waals surface area contributed by atoms with Gasteiger partial charge in [-0.3, -0.25) is 9.48 Å². The molecule has 1 amide bonds. The van der Waals surface area contributed by atoms with E-state index in [4.69, 9.17) is 9.26 Å². The molecule has 9 nitrogen and oxygen atoms in total. The van der Waals surface area contributed by atoms with Gasteiger partial charge in [0.25, 0.3) is 11.8 Å². The number of likely N-dealkylation sites (N-methyl/N-ethyl adjacent to an activating group) is 1. The van der Waals surface area contributed by atoms with E-state index in [1.54, 1.807) is 4.68 Å². The second-order valence-electron chi connectivity index (χ2n) is 10.4. The molecule has 216 valence electrons. The van der Waals surface area contributed by atoms with Crippen molar-refractivity contribution in [3.63, 3.8) is 0 Å². The van der Waals surface area contributed by atoms with E-state index in [1.807, 2.05) is 42.2 Å². The Bertz CT molecular complexity index is 1520. The topological polar surface area (TPSA) is 89.5 Å². The highest BCUT2D eigenvalue weighted by molar-refractivity contribution is 5.94. The smallest absolute Gasteiger partial charge is 0.364 e. The molecular formula is C29H31F3N6O3. The van der Waals surface area contributed by atoms with Crippen molar-refractivity contribution in [3.05, 3.63) is 77.0 Å². The first kappa shape index (κ1) is 28.5. The maximum atomic E-state index is 13.5. The van der Waals surface area contributed by atoms with Gasteiger partial charge in [-0.1, -0.05) is 41.6 Å². The van der Waals surface area contributed by atoms with Gasteiger partial charge in [0.05, 0.1) is 6.54 Å². The molecule has 1 aliphatic heterocycles. The molecule has 1 atom stereocenters. The predicted octanol–water partition coefficient (Wildman–Crippen LogP) is 4.77. The number of piperazine rings is 1. The van der Waals surface area contributed by atoms with Crippen LogP contribution in [-0.2, 0) is 16.9 Å². The average Bonchev–Trinajstić information content (AvgIpc) is 3.59. The number of benzene rings is 2. The number of amides is 1. The fourth-order valence-electron chi connectivity index (χ4n) is 4.72. The second kappa shape index (κ2) is 11.1. The normalized spacial score (nSPS) is 16.1. The number of aromatic nitrogens is 4. The van der Waals surface area contributed by atoms with Crippen molar-refractivity contribution in [2.24, 2.45) is 0 Å². The highest BCUT2D eigenvalue weighted by Crippen LogP contribution is 2.41. The van der Waals surface area contributed by atoms with Crippen molar-refractivity contribution >= 4 is 5.91 Å². The van der Waals surface area contributed by atoms with Crippen LogP contribution in [0.5, 0.6) is 0 Å². The van der Waals surface area contributed by atoms with E-state index in [-0.39, 0.29) is 23.2 Å². The summed E-state index contributed by atoms with van der Waals surface area (Å²) in [5.74, 6) is 0.427. The van der Waals surface area contributed by atoms with Crippen molar-refractivity contribution in [1.29, 1.82) is 0 Å². The zero-order valence-corrected chi connectivity index (χ0v) is 23.3. The molecule has 1 aliphatic rings. The monoisotopic (exact) mass is 568 g/mol. The van der Waals surface area contributed by atoms with Gasteiger partial charge in [-0.15, -0.1) is 0 Å². The lowest BCUT2D eigenvalue weighted by Gasteiger charge is -2.32. The molecule has 1 saturated heterocycles. The summed E-state index contributed by atoms with van der Waals surface area (Å²) < 4.78 is 52.6. The molecular weight excluding hydrogens is 537 g/mol. The second-order valence-corrected chi connectivity index (χ2v) is 10.4. The van der Waals surface area contributed by atoms with E-state index >= 15 is 0 Å². The Morgan fingerprint density at radius 1 is 1.05 bits per heavy atom. The van der Waals surface area contributed by atoms with Gasteiger partial charge in [-0.25, -0.2) is 0 Å². The van der Waals surface area contributed by atoms with Crippen LogP contribution in [0.3, 0.4) is 0 Å². The van der Waals surface area contributed by atoms with Crippen LogP contribution in [0.15, 0.2) is 59.1 Å². The van der Waals surface area contributed by atoms with Crippen LogP contribution < -0.4 is 0 Å². The number of rotatable bonds is 7. The summed E-state index contributed by atoms with van der Waals surface area (Å²) in [5.41, 5.74) is 0.903. The van der Waals surface area contributed by atoms with Crippen LogP contribution in [-0.4, -0.2) is 82.1 Å². The Morgan fingerprint density at radius 2 is 1.76 bits per heavy atom. The molecule has 2 aromatic heterocycles. The molecule has 0 radical (unpaired) electrons. The number of ether oxygens (including phenoxy) is 1. The summed E-state index contributed by atoms with van der Waals surface area (Å²) in [6, 6.07) is 15.0. The van der Waals surface area contributed by atoms with Crippen molar-refractivity contribution in [3.8, 4) is 23.0 Å². The number of aryl methyl sites for hydroxylation is 1. The van der Waals surface area contributed by atoms with E-state index in [9.17, 15) is 18.0 Å². The van der Waals surface area contributed by atoms with E-state index in [2.05, 4.69) is 27.2 Å². The highest BCUT2D eigenvalue weighted by Gasteiger charge is 2.53. The third kappa shape index (κ3) is 5.75. The Labute approximate surface area is 235 Å². The Hall–Kier alpha value is -4.03. The number of methoxy groups -OCH3 is 1. The van der Waals surface area contributed by atoms with Gasteiger partial charge in [0.15, 0.2) is 11.3 Å². The molecule has 0 bridgehead atoms. The maximum Gasteiger partial charge on any atom is 0.421 e. The summed E-state index contributed by atoms with van der Waals surface area (Å²) in [5, 5.41) is 8.61. The van der Waals surface area contributed by atoms with Gasteiger partial charge in [0, 0.05) is 50.1 Å². The molecule has 1 fully saturated rings.